The fourth-order valence-electron chi connectivity index (χ4n) is 5.11. The zero-order valence-electron chi connectivity index (χ0n) is 17.8. The number of fused-ring (bicyclic) bond motifs is 1. The molecule has 1 atom stereocenters. The van der Waals surface area contributed by atoms with Crippen LogP contribution in [0.25, 0.3) is 0 Å². The average molecular weight is 434 g/mol. The molecule has 0 saturated carbocycles. The molecule has 0 N–H and O–H groups in total. The van der Waals surface area contributed by atoms with E-state index in [1.54, 1.807) is 23.1 Å². The highest BCUT2D eigenvalue weighted by molar-refractivity contribution is 7.89. The summed E-state index contributed by atoms with van der Waals surface area (Å²) in [6, 6.07) is 5.11. The fraction of sp³-hybridized carbons (Fsp3) is 0.636. The van der Waals surface area contributed by atoms with E-state index in [1.165, 1.54) is 17.6 Å². The molecule has 2 fully saturated rings. The summed E-state index contributed by atoms with van der Waals surface area (Å²) in [5, 5.41) is 0. The number of carbonyl (C=O) groups excluding carboxylic acids is 2. The molecule has 7 nitrogen and oxygen atoms in total. The molecule has 0 aliphatic carbocycles. The van der Waals surface area contributed by atoms with Crippen LogP contribution >= 0.6 is 0 Å². The molecule has 3 aliphatic heterocycles. The molecule has 3 heterocycles. The van der Waals surface area contributed by atoms with E-state index in [1.807, 2.05) is 11.8 Å². The van der Waals surface area contributed by atoms with Gasteiger partial charge in [0.15, 0.2) is 0 Å². The van der Waals surface area contributed by atoms with Gasteiger partial charge < -0.3 is 9.80 Å². The molecule has 3 aliphatic rings. The van der Waals surface area contributed by atoms with Crippen LogP contribution in [0.5, 0.6) is 0 Å². The number of sulfonamides is 1. The number of benzene rings is 1. The standard InChI is InChI=1S/C22H31N3O4S/c1-16-14-19-15-20(6-7-21(19)25(16)17(2)26)30(28,29)24-12-8-18(9-13-24)22(27)23-10-4-3-5-11-23/h6-7,15-16,18H,3-5,8-14H2,1-2H3/t16-/m1/s1. The van der Waals surface area contributed by atoms with Crippen molar-refractivity contribution in [2.75, 3.05) is 31.1 Å². The Morgan fingerprint density at radius 1 is 1.00 bits per heavy atom. The summed E-state index contributed by atoms with van der Waals surface area (Å²) < 4.78 is 27.9. The molecule has 1 aromatic carbocycles. The van der Waals surface area contributed by atoms with Crippen molar-refractivity contribution in [3.05, 3.63) is 23.8 Å². The summed E-state index contributed by atoms with van der Waals surface area (Å²) >= 11 is 0. The van der Waals surface area contributed by atoms with E-state index in [2.05, 4.69) is 0 Å². The minimum atomic E-state index is -3.61. The Hall–Kier alpha value is -1.93. The molecule has 2 amide bonds. The van der Waals surface area contributed by atoms with Crippen LogP contribution in [0, 0.1) is 5.92 Å². The second kappa shape index (κ2) is 8.30. The molecule has 8 heteroatoms. The maximum absolute atomic E-state index is 13.2. The highest BCUT2D eigenvalue weighted by Crippen LogP contribution is 2.35. The van der Waals surface area contributed by atoms with Gasteiger partial charge in [-0.15, -0.1) is 0 Å². The molecule has 1 aromatic rings. The van der Waals surface area contributed by atoms with E-state index in [4.69, 9.17) is 0 Å². The van der Waals surface area contributed by atoms with Gasteiger partial charge in [-0.2, -0.15) is 4.31 Å². The first-order valence-electron chi connectivity index (χ1n) is 11.0. The average Bonchev–Trinajstić information content (AvgIpc) is 3.09. The Kier molecular flexibility index (Phi) is 5.90. The molecular weight excluding hydrogens is 402 g/mol. The minimum Gasteiger partial charge on any atom is -0.342 e. The number of piperidine rings is 2. The summed E-state index contributed by atoms with van der Waals surface area (Å²) in [6.07, 6.45) is 5.13. The summed E-state index contributed by atoms with van der Waals surface area (Å²) in [6.45, 7) is 5.93. The van der Waals surface area contributed by atoms with Gasteiger partial charge in [-0.1, -0.05) is 0 Å². The zero-order valence-corrected chi connectivity index (χ0v) is 18.7. The number of hydrogen-bond acceptors (Lipinski definition) is 4. The first-order valence-corrected chi connectivity index (χ1v) is 12.4. The molecule has 30 heavy (non-hydrogen) atoms. The maximum Gasteiger partial charge on any atom is 0.243 e. The van der Waals surface area contributed by atoms with E-state index in [0.717, 1.165) is 37.2 Å². The van der Waals surface area contributed by atoms with Gasteiger partial charge in [-0.05, 0) is 69.2 Å². The Morgan fingerprint density at radius 2 is 1.67 bits per heavy atom. The van der Waals surface area contributed by atoms with Gasteiger partial charge in [-0.25, -0.2) is 8.42 Å². The summed E-state index contributed by atoms with van der Waals surface area (Å²) in [5.41, 5.74) is 1.70. The van der Waals surface area contributed by atoms with Crippen molar-refractivity contribution in [2.24, 2.45) is 5.92 Å². The SMILES string of the molecule is CC(=O)N1c2ccc(S(=O)(=O)N3CCC(C(=O)N4CCCCC4)CC3)cc2C[C@H]1C. The van der Waals surface area contributed by atoms with Crippen molar-refractivity contribution in [2.45, 2.75) is 63.3 Å². The summed E-state index contributed by atoms with van der Waals surface area (Å²) in [5.74, 6) is 0.0967. The van der Waals surface area contributed by atoms with Crippen molar-refractivity contribution in [3.8, 4) is 0 Å². The van der Waals surface area contributed by atoms with Gasteiger partial charge >= 0.3 is 0 Å². The minimum absolute atomic E-state index is 0.0303. The lowest BCUT2D eigenvalue weighted by Crippen LogP contribution is -2.45. The van der Waals surface area contributed by atoms with Crippen LogP contribution in [0.15, 0.2) is 23.1 Å². The lowest BCUT2D eigenvalue weighted by Gasteiger charge is -2.35. The summed E-state index contributed by atoms with van der Waals surface area (Å²) in [7, 11) is -3.61. The first-order chi connectivity index (χ1) is 14.3. The van der Waals surface area contributed by atoms with Gasteiger partial charge in [0.1, 0.15) is 0 Å². The predicted octanol–water partition coefficient (Wildman–Crippen LogP) is 2.40. The lowest BCUT2D eigenvalue weighted by molar-refractivity contribution is -0.137. The van der Waals surface area contributed by atoms with Gasteiger partial charge in [0.25, 0.3) is 0 Å². The smallest absolute Gasteiger partial charge is 0.243 e. The predicted molar refractivity (Wildman–Crippen MR) is 115 cm³/mol. The largest absolute Gasteiger partial charge is 0.342 e. The number of carbonyl (C=O) groups is 2. The number of anilines is 1. The van der Waals surface area contributed by atoms with E-state index < -0.39 is 10.0 Å². The van der Waals surface area contributed by atoms with Gasteiger partial charge in [0, 0.05) is 50.7 Å². The molecular formula is C22H31N3O4S. The quantitative estimate of drug-likeness (QED) is 0.733. The van der Waals surface area contributed by atoms with Crippen molar-refractivity contribution in [1.29, 1.82) is 0 Å². The fourth-order valence-corrected chi connectivity index (χ4v) is 6.63. The van der Waals surface area contributed by atoms with Gasteiger partial charge in [0.2, 0.25) is 21.8 Å². The normalized spacial score (nSPS) is 23.5. The number of likely N-dealkylation sites (tertiary alicyclic amines) is 1. The molecule has 4 rings (SSSR count). The second-order valence-corrected chi connectivity index (χ2v) is 10.7. The number of nitrogens with zero attached hydrogens (tertiary/aromatic N) is 3. The van der Waals surface area contributed by atoms with Crippen molar-refractivity contribution in [1.82, 2.24) is 9.21 Å². The Bertz CT molecular complexity index is 932. The third-order valence-electron chi connectivity index (χ3n) is 6.71. The Balaban J connectivity index is 1.45. The summed E-state index contributed by atoms with van der Waals surface area (Å²) in [4.78, 5) is 28.6. The maximum atomic E-state index is 13.2. The van der Waals surface area contributed by atoms with Gasteiger partial charge in [0.05, 0.1) is 4.90 Å². The van der Waals surface area contributed by atoms with E-state index >= 15 is 0 Å². The van der Waals surface area contributed by atoms with E-state index in [0.29, 0.717) is 32.4 Å². The number of hydrogen-bond donors (Lipinski definition) is 0. The Labute approximate surface area is 179 Å². The third kappa shape index (κ3) is 3.87. The molecule has 164 valence electrons. The molecule has 0 aromatic heterocycles. The zero-order chi connectivity index (χ0) is 21.5. The molecule has 0 unspecified atom stereocenters. The number of rotatable bonds is 3. The highest BCUT2D eigenvalue weighted by Gasteiger charge is 2.35. The molecule has 0 bridgehead atoms. The molecule has 2 saturated heterocycles. The van der Waals surface area contributed by atoms with Crippen molar-refractivity contribution >= 4 is 27.5 Å². The van der Waals surface area contributed by atoms with Crippen molar-refractivity contribution in [3.63, 3.8) is 0 Å². The van der Waals surface area contributed by atoms with Crippen molar-refractivity contribution < 1.29 is 18.0 Å². The van der Waals surface area contributed by atoms with E-state index in [-0.39, 0.29) is 28.7 Å². The number of amides is 2. The van der Waals surface area contributed by atoms with Crippen LogP contribution in [0.2, 0.25) is 0 Å². The van der Waals surface area contributed by atoms with Crippen LogP contribution in [0.3, 0.4) is 0 Å². The molecule has 0 radical (unpaired) electrons. The lowest BCUT2D eigenvalue weighted by atomic mass is 9.95. The first kappa shape index (κ1) is 21.3. The third-order valence-corrected chi connectivity index (χ3v) is 8.61. The Morgan fingerprint density at radius 3 is 2.30 bits per heavy atom. The highest BCUT2D eigenvalue weighted by atomic mass is 32.2. The van der Waals surface area contributed by atoms with Gasteiger partial charge in [-0.3, -0.25) is 9.59 Å². The van der Waals surface area contributed by atoms with Crippen LogP contribution in [-0.2, 0) is 26.0 Å². The topological polar surface area (TPSA) is 78.0 Å². The van der Waals surface area contributed by atoms with Crippen LogP contribution in [0.1, 0.15) is 51.5 Å². The van der Waals surface area contributed by atoms with Crippen LogP contribution in [0.4, 0.5) is 5.69 Å². The molecule has 0 spiro atoms. The monoisotopic (exact) mass is 433 g/mol. The van der Waals surface area contributed by atoms with Crippen LogP contribution < -0.4 is 4.90 Å². The van der Waals surface area contributed by atoms with Crippen LogP contribution in [-0.4, -0.2) is 61.7 Å². The van der Waals surface area contributed by atoms with E-state index in [9.17, 15) is 18.0 Å². The second-order valence-electron chi connectivity index (χ2n) is 8.80.